The molecule has 1 aromatic heterocycles. The minimum absolute atomic E-state index is 0.174. The van der Waals surface area contributed by atoms with Crippen LogP contribution in [0.1, 0.15) is 22.8 Å². The molecule has 27 heavy (non-hydrogen) atoms. The van der Waals surface area contributed by atoms with E-state index in [9.17, 15) is 4.79 Å². The van der Waals surface area contributed by atoms with Gasteiger partial charge in [0.25, 0.3) is 5.91 Å². The summed E-state index contributed by atoms with van der Waals surface area (Å²) in [4.78, 5) is 17.0. The number of methoxy groups -OCH3 is 1. The van der Waals surface area contributed by atoms with Crippen LogP contribution in [0.4, 0.5) is 5.13 Å². The quantitative estimate of drug-likeness (QED) is 0.626. The lowest BCUT2D eigenvalue weighted by Crippen LogP contribution is -2.34. The predicted molar refractivity (Wildman–Crippen MR) is 112 cm³/mol. The van der Waals surface area contributed by atoms with Gasteiger partial charge in [0.15, 0.2) is 10.2 Å². The van der Waals surface area contributed by atoms with E-state index in [1.807, 2.05) is 38.1 Å². The van der Waals surface area contributed by atoms with Gasteiger partial charge in [-0.15, -0.1) is 0 Å². The first-order valence-corrected chi connectivity index (χ1v) is 9.53. The maximum absolute atomic E-state index is 12.5. The highest BCUT2D eigenvalue weighted by Crippen LogP contribution is 2.29. The van der Waals surface area contributed by atoms with Crippen LogP contribution < -0.4 is 20.1 Å². The summed E-state index contributed by atoms with van der Waals surface area (Å²) in [5.74, 6) is 0.983. The van der Waals surface area contributed by atoms with Gasteiger partial charge in [-0.2, -0.15) is 0 Å². The van der Waals surface area contributed by atoms with E-state index in [4.69, 9.17) is 21.7 Å². The maximum Gasteiger partial charge on any atom is 0.261 e. The van der Waals surface area contributed by atoms with Crippen molar-refractivity contribution in [2.75, 3.05) is 19.0 Å². The second-order valence-corrected chi connectivity index (χ2v) is 7.08. The SMILES string of the molecule is CCOc1ccc2nc(NC(=S)NC(=O)c3cccc(C)c3OC)sc2c1. The maximum atomic E-state index is 12.5. The highest BCUT2D eigenvalue weighted by atomic mass is 32.1. The summed E-state index contributed by atoms with van der Waals surface area (Å²) in [5, 5.41) is 6.40. The van der Waals surface area contributed by atoms with Crippen LogP contribution in [0.3, 0.4) is 0 Å². The summed E-state index contributed by atoms with van der Waals surface area (Å²) in [7, 11) is 1.54. The highest BCUT2D eigenvalue weighted by Gasteiger charge is 2.16. The molecule has 0 radical (unpaired) electrons. The van der Waals surface area contributed by atoms with Crippen molar-refractivity contribution in [2.24, 2.45) is 0 Å². The fourth-order valence-electron chi connectivity index (χ4n) is 2.62. The van der Waals surface area contributed by atoms with Crippen LogP contribution in [0.5, 0.6) is 11.5 Å². The fraction of sp³-hybridized carbons (Fsp3) is 0.211. The number of aryl methyl sites for hydroxylation is 1. The number of amides is 1. The lowest BCUT2D eigenvalue weighted by molar-refractivity contribution is 0.0974. The predicted octanol–water partition coefficient (Wildman–Crippen LogP) is 4.14. The molecule has 0 aliphatic carbocycles. The Morgan fingerprint density at radius 3 is 2.85 bits per heavy atom. The zero-order valence-electron chi connectivity index (χ0n) is 15.2. The summed E-state index contributed by atoms with van der Waals surface area (Å²) < 4.78 is 11.8. The Morgan fingerprint density at radius 1 is 1.30 bits per heavy atom. The second-order valence-electron chi connectivity index (χ2n) is 5.65. The van der Waals surface area contributed by atoms with E-state index in [1.54, 1.807) is 12.1 Å². The van der Waals surface area contributed by atoms with Crippen molar-refractivity contribution in [3.05, 3.63) is 47.5 Å². The summed E-state index contributed by atoms with van der Waals surface area (Å²) in [5.41, 5.74) is 2.13. The molecule has 6 nitrogen and oxygen atoms in total. The summed E-state index contributed by atoms with van der Waals surface area (Å²) in [6.45, 7) is 4.42. The van der Waals surface area contributed by atoms with Gasteiger partial charge in [-0.1, -0.05) is 23.5 Å². The number of carbonyl (C=O) groups is 1. The van der Waals surface area contributed by atoms with Crippen molar-refractivity contribution in [2.45, 2.75) is 13.8 Å². The Morgan fingerprint density at radius 2 is 2.11 bits per heavy atom. The molecule has 0 bridgehead atoms. The highest BCUT2D eigenvalue weighted by molar-refractivity contribution is 7.80. The minimum atomic E-state index is -0.340. The number of nitrogens with one attached hydrogen (secondary N) is 2. The lowest BCUT2D eigenvalue weighted by atomic mass is 10.1. The number of fused-ring (bicyclic) bond motifs is 1. The number of aromatic nitrogens is 1. The monoisotopic (exact) mass is 401 g/mol. The number of hydrogen-bond donors (Lipinski definition) is 2. The molecule has 0 saturated heterocycles. The molecule has 0 spiro atoms. The van der Waals surface area contributed by atoms with Gasteiger partial charge in [-0.25, -0.2) is 4.98 Å². The van der Waals surface area contributed by atoms with E-state index in [0.29, 0.717) is 23.1 Å². The van der Waals surface area contributed by atoms with Gasteiger partial charge in [0.1, 0.15) is 11.5 Å². The molecular weight excluding hydrogens is 382 g/mol. The van der Waals surface area contributed by atoms with Crippen LogP contribution in [0.25, 0.3) is 10.2 Å². The van der Waals surface area contributed by atoms with Crippen molar-refractivity contribution in [3.63, 3.8) is 0 Å². The van der Waals surface area contributed by atoms with Crippen molar-refractivity contribution in [3.8, 4) is 11.5 Å². The molecule has 3 rings (SSSR count). The third-order valence-electron chi connectivity index (χ3n) is 3.78. The van der Waals surface area contributed by atoms with Gasteiger partial charge in [0, 0.05) is 0 Å². The van der Waals surface area contributed by atoms with E-state index in [-0.39, 0.29) is 11.0 Å². The average Bonchev–Trinajstić information content (AvgIpc) is 3.02. The third kappa shape index (κ3) is 4.35. The molecule has 0 atom stereocenters. The molecule has 2 aromatic carbocycles. The number of hydrogen-bond acceptors (Lipinski definition) is 6. The second kappa shape index (κ2) is 8.32. The molecule has 8 heteroatoms. The van der Waals surface area contributed by atoms with Gasteiger partial charge in [-0.05, 0) is 55.9 Å². The molecule has 140 valence electrons. The summed E-state index contributed by atoms with van der Waals surface area (Å²) in [6, 6.07) is 11.1. The molecule has 2 N–H and O–H groups in total. The van der Waals surface area contributed by atoms with Crippen LogP contribution in [0, 0.1) is 6.92 Å². The number of thiocarbonyl (C=S) groups is 1. The molecule has 1 heterocycles. The molecule has 0 aliphatic heterocycles. The van der Waals surface area contributed by atoms with Gasteiger partial charge in [0.05, 0.1) is 29.5 Å². The summed E-state index contributed by atoms with van der Waals surface area (Å²) in [6.07, 6.45) is 0. The largest absolute Gasteiger partial charge is 0.496 e. The topological polar surface area (TPSA) is 72.5 Å². The van der Waals surface area contributed by atoms with Crippen LogP contribution in [-0.2, 0) is 0 Å². The zero-order chi connectivity index (χ0) is 19.4. The number of thiazole rings is 1. The molecule has 1 amide bonds. The van der Waals surface area contributed by atoms with Crippen molar-refractivity contribution in [1.82, 2.24) is 10.3 Å². The number of nitrogens with zero attached hydrogens (tertiary/aromatic N) is 1. The van der Waals surface area contributed by atoms with Crippen molar-refractivity contribution >= 4 is 49.9 Å². The fourth-order valence-corrected chi connectivity index (χ4v) is 3.77. The summed E-state index contributed by atoms with van der Waals surface area (Å²) >= 11 is 6.69. The average molecular weight is 402 g/mol. The van der Waals surface area contributed by atoms with Crippen LogP contribution in [0.2, 0.25) is 0 Å². The van der Waals surface area contributed by atoms with Gasteiger partial charge in [0.2, 0.25) is 0 Å². The molecular formula is C19H19N3O3S2. The third-order valence-corrected chi connectivity index (χ3v) is 4.92. The first-order valence-electron chi connectivity index (χ1n) is 8.31. The molecule has 0 unspecified atom stereocenters. The van der Waals surface area contributed by atoms with Gasteiger partial charge < -0.3 is 14.8 Å². The number of para-hydroxylation sites is 1. The van der Waals surface area contributed by atoms with E-state index >= 15 is 0 Å². The first-order chi connectivity index (χ1) is 13.0. The Bertz CT molecular complexity index is 1000. The number of anilines is 1. The Kier molecular flexibility index (Phi) is 5.88. The first kappa shape index (κ1) is 19.1. The van der Waals surface area contributed by atoms with Crippen LogP contribution in [-0.4, -0.2) is 29.7 Å². The number of ether oxygens (including phenoxy) is 2. The Labute approximate surface area is 166 Å². The molecule has 0 aliphatic rings. The normalized spacial score (nSPS) is 10.5. The molecule has 0 saturated carbocycles. The smallest absolute Gasteiger partial charge is 0.261 e. The lowest BCUT2D eigenvalue weighted by Gasteiger charge is -2.12. The number of benzene rings is 2. The van der Waals surface area contributed by atoms with E-state index < -0.39 is 0 Å². The Balaban J connectivity index is 1.71. The van der Waals surface area contributed by atoms with Gasteiger partial charge in [-0.3, -0.25) is 10.1 Å². The minimum Gasteiger partial charge on any atom is -0.496 e. The van der Waals surface area contributed by atoms with Crippen LogP contribution >= 0.6 is 23.6 Å². The standard InChI is InChI=1S/C19H19N3O3S2/c1-4-25-12-8-9-14-15(10-12)27-19(20-14)22-18(26)21-17(23)13-7-5-6-11(2)16(13)24-3/h5-10H,4H2,1-3H3,(H2,20,21,22,23,26). The van der Waals surface area contributed by atoms with Crippen LogP contribution in [0.15, 0.2) is 36.4 Å². The van der Waals surface area contributed by atoms with Crippen molar-refractivity contribution < 1.29 is 14.3 Å². The number of rotatable bonds is 5. The van der Waals surface area contributed by atoms with E-state index in [1.165, 1.54) is 18.4 Å². The number of carbonyl (C=O) groups excluding carboxylic acids is 1. The Hall–Kier alpha value is -2.71. The molecule has 0 fully saturated rings. The van der Waals surface area contributed by atoms with E-state index in [0.717, 1.165) is 21.5 Å². The van der Waals surface area contributed by atoms with E-state index in [2.05, 4.69) is 15.6 Å². The van der Waals surface area contributed by atoms with Gasteiger partial charge >= 0.3 is 0 Å². The van der Waals surface area contributed by atoms with Crippen molar-refractivity contribution in [1.29, 1.82) is 0 Å². The zero-order valence-corrected chi connectivity index (χ0v) is 16.8. The molecule has 3 aromatic rings.